The van der Waals surface area contributed by atoms with E-state index in [0.717, 1.165) is 12.0 Å². The van der Waals surface area contributed by atoms with Gasteiger partial charge in [0.2, 0.25) is 11.8 Å². The highest BCUT2D eigenvalue weighted by atomic mass is 16.6. The monoisotopic (exact) mass is 518 g/mol. The molecular formula is C28H34N6O4. The molecule has 4 aliphatic rings. The van der Waals surface area contributed by atoms with Gasteiger partial charge >= 0.3 is 6.09 Å². The SMILES string of the molecule is [C-]#[N+]c1ccc([C@@H](C)N2C(=O)[C@H]3C[C@@H]2CN3C[C@H](NC(=O)OC(C)(C)C)C(=O)N2[C@H](C#N)C[C@@H]3C[C@@H]32)cc1. The van der Waals surface area contributed by atoms with Crippen molar-refractivity contribution in [2.45, 2.75) is 88.8 Å². The lowest BCUT2D eigenvalue weighted by atomic mass is 10.0. The Kier molecular flexibility index (Phi) is 6.56. The van der Waals surface area contributed by atoms with E-state index in [1.54, 1.807) is 37.8 Å². The van der Waals surface area contributed by atoms with Crippen molar-refractivity contribution in [2.75, 3.05) is 13.1 Å². The van der Waals surface area contributed by atoms with Gasteiger partial charge in [0.25, 0.3) is 0 Å². The Bertz CT molecular complexity index is 1210. The van der Waals surface area contributed by atoms with Crippen LogP contribution in [0.2, 0.25) is 0 Å². The predicted molar refractivity (Wildman–Crippen MR) is 138 cm³/mol. The molecule has 1 aliphatic carbocycles. The van der Waals surface area contributed by atoms with Gasteiger partial charge in [0.1, 0.15) is 17.7 Å². The molecule has 0 unspecified atom stereocenters. The third-order valence-electron chi connectivity index (χ3n) is 8.15. The highest BCUT2D eigenvalue weighted by Crippen LogP contribution is 2.48. The highest BCUT2D eigenvalue weighted by molar-refractivity contribution is 5.89. The number of carbonyl (C=O) groups is 3. The number of nitrogens with zero attached hydrogens (tertiary/aromatic N) is 5. The molecule has 1 aromatic rings. The third kappa shape index (κ3) is 4.81. The number of rotatable bonds is 6. The van der Waals surface area contributed by atoms with E-state index >= 15 is 0 Å². The molecule has 38 heavy (non-hydrogen) atoms. The lowest BCUT2D eigenvalue weighted by Gasteiger charge is -2.39. The fourth-order valence-corrected chi connectivity index (χ4v) is 6.33. The van der Waals surface area contributed by atoms with Crippen LogP contribution < -0.4 is 5.32 Å². The molecule has 0 spiro atoms. The molecule has 0 aromatic heterocycles. The van der Waals surface area contributed by atoms with E-state index in [1.165, 1.54) is 0 Å². The minimum Gasteiger partial charge on any atom is -0.444 e. The van der Waals surface area contributed by atoms with E-state index in [4.69, 9.17) is 11.3 Å². The summed E-state index contributed by atoms with van der Waals surface area (Å²) in [6, 6.07) is 7.68. The van der Waals surface area contributed by atoms with Crippen LogP contribution in [-0.4, -0.2) is 81.5 Å². The molecule has 1 N–H and O–H groups in total. The van der Waals surface area contributed by atoms with Crippen molar-refractivity contribution in [1.82, 2.24) is 20.0 Å². The molecule has 7 atom stereocenters. The number of carbonyl (C=O) groups excluding carboxylic acids is 3. The number of amides is 3. The van der Waals surface area contributed by atoms with Crippen molar-refractivity contribution in [3.8, 4) is 6.07 Å². The molecule has 200 valence electrons. The lowest BCUT2D eigenvalue weighted by molar-refractivity contribution is -0.141. The molecular weight excluding hydrogens is 484 g/mol. The molecule has 1 saturated carbocycles. The normalized spacial score (nSPS) is 29.3. The number of fused-ring (bicyclic) bond motifs is 3. The Morgan fingerprint density at radius 1 is 1.24 bits per heavy atom. The van der Waals surface area contributed by atoms with Crippen LogP contribution in [0.1, 0.15) is 58.6 Å². The topological polar surface area (TPSA) is 110 Å². The standard InChI is InChI=1S/C28H34N6O4/c1-16(17-6-8-19(30-5)9-7-17)33-21-12-24(26(33)36)32(14-21)15-22(31-27(37)38-28(2,3)4)25(35)34-20(13-29)10-18-11-23(18)34/h6-9,16,18,20-24H,10-12,14-15H2,1-4H3,(H,31,37)/t16-,18-,20+,21-,22+,23+,24-/m1/s1. The second-order valence-electron chi connectivity index (χ2n) is 11.9. The number of likely N-dealkylation sites (tertiary alicyclic amines) is 3. The molecule has 1 aromatic carbocycles. The Hall–Kier alpha value is -3.63. The number of hydrogen-bond acceptors (Lipinski definition) is 6. The molecule has 3 aliphatic heterocycles. The van der Waals surface area contributed by atoms with E-state index in [2.05, 4.69) is 16.2 Å². The molecule has 2 bridgehead atoms. The number of alkyl carbamates (subject to hydrolysis) is 1. The number of hydrogen-bond donors (Lipinski definition) is 1. The van der Waals surface area contributed by atoms with Crippen LogP contribution in [-0.2, 0) is 14.3 Å². The van der Waals surface area contributed by atoms with Gasteiger partial charge in [-0.2, -0.15) is 5.26 Å². The number of piperazine rings is 1. The van der Waals surface area contributed by atoms with Crippen LogP contribution in [0, 0.1) is 23.8 Å². The molecule has 0 radical (unpaired) electrons. The number of ether oxygens (including phenoxy) is 1. The van der Waals surface area contributed by atoms with Gasteiger partial charge in [0.05, 0.1) is 24.7 Å². The van der Waals surface area contributed by atoms with Gasteiger partial charge in [-0.25, -0.2) is 9.64 Å². The summed E-state index contributed by atoms with van der Waals surface area (Å²) >= 11 is 0. The number of benzene rings is 1. The Morgan fingerprint density at radius 3 is 2.55 bits per heavy atom. The first-order chi connectivity index (χ1) is 18.0. The summed E-state index contributed by atoms with van der Waals surface area (Å²) < 4.78 is 5.44. The average Bonchev–Trinajstić information content (AvgIpc) is 3.19. The number of piperidine rings is 1. The van der Waals surface area contributed by atoms with Crippen LogP contribution >= 0.6 is 0 Å². The maximum absolute atomic E-state index is 13.7. The summed E-state index contributed by atoms with van der Waals surface area (Å²) in [5, 5.41) is 12.4. The van der Waals surface area contributed by atoms with Gasteiger partial charge in [0, 0.05) is 25.2 Å². The van der Waals surface area contributed by atoms with E-state index in [0.29, 0.717) is 31.0 Å². The van der Waals surface area contributed by atoms with Crippen LogP contribution in [0.4, 0.5) is 10.5 Å². The van der Waals surface area contributed by atoms with Crippen LogP contribution in [0.15, 0.2) is 24.3 Å². The summed E-state index contributed by atoms with van der Waals surface area (Å²) in [5.74, 6) is 0.0756. The predicted octanol–water partition coefficient (Wildman–Crippen LogP) is 2.99. The van der Waals surface area contributed by atoms with Crippen LogP contribution in [0.3, 0.4) is 0 Å². The van der Waals surface area contributed by atoms with Gasteiger partial charge < -0.3 is 19.9 Å². The first-order valence-corrected chi connectivity index (χ1v) is 13.3. The first-order valence-electron chi connectivity index (χ1n) is 13.3. The summed E-state index contributed by atoms with van der Waals surface area (Å²) in [4.78, 5) is 48.8. The fourth-order valence-electron chi connectivity index (χ4n) is 6.33. The summed E-state index contributed by atoms with van der Waals surface area (Å²) in [6.07, 6.45) is 1.53. The maximum Gasteiger partial charge on any atom is 0.408 e. The van der Waals surface area contributed by atoms with Crippen molar-refractivity contribution in [3.63, 3.8) is 0 Å². The quantitative estimate of drug-likeness (QED) is 0.580. The summed E-state index contributed by atoms with van der Waals surface area (Å²) in [7, 11) is 0. The molecule has 3 saturated heterocycles. The Morgan fingerprint density at radius 2 is 1.95 bits per heavy atom. The zero-order valence-electron chi connectivity index (χ0n) is 22.3. The number of nitriles is 1. The summed E-state index contributed by atoms with van der Waals surface area (Å²) in [6.45, 7) is 15.2. The smallest absolute Gasteiger partial charge is 0.408 e. The number of nitrogens with one attached hydrogen (secondary N) is 1. The second kappa shape index (κ2) is 9.59. The largest absolute Gasteiger partial charge is 0.444 e. The van der Waals surface area contributed by atoms with Gasteiger partial charge in [-0.1, -0.05) is 24.3 Å². The maximum atomic E-state index is 13.7. The minimum atomic E-state index is -0.917. The van der Waals surface area contributed by atoms with Crippen LogP contribution in [0.5, 0.6) is 0 Å². The minimum absolute atomic E-state index is 0.00445. The second-order valence-corrected chi connectivity index (χ2v) is 11.9. The van der Waals surface area contributed by atoms with Crippen molar-refractivity contribution >= 4 is 23.6 Å². The zero-order chi connectivity index (χ0) is 27.4. The molecule has 10 nitrogen and oxygen atoms in total. The van der Waals surface area contributed by atoms with Gasteiger partial charge in [-0.05, 0) is 58.4 Å². The molecule has 10 heteroatoms. The lowest BCUT2D eigenvalue weighted by Crippen LogP contribution is -2.59. The van der Waals surface area contributed by atoms with E-state index < -0.39 is 23.8 Å². The average molecular weight is 519 g/mol. The zero-order valence-corrected chi connectivity index (χ0v) is 22.3. The van der Waals surface area contributed by atoms with Crippen molar-refractivity contribution < 1.29 is 19.1 Å². The first kappa shape index (κ1) is 26.0. The Balaban J connectivity index is 1.30. The van der Waals surface area contributed by atoms with E-state index in [9.17, 15) is 19.6 Å². The Labute approximate surface area is 223 Å². The van der Waals surface area contributed by atoms with E-state index in [-0.39, 0.29) is 42.5 Å². The molecule has 4 fully saturated rings. The molecule has 5 rings (SSSR count). The van der Waals surface area contributed by atoms with Crippen molar-refractivity contribution in [1.29, 1.82) is 5.26 Å². The van der Waals surface area contributed by atoms with Crippen LogP contribution in [0.25, 0.3) is 4.85 Å². The summed E-state index contributed by atoms with van der Waals surface area (Å²) in [5.41, 5.74) is 0.804. The molecule has 3 amide bonds. The van der Waals surface area contributed by atoms with Crippen molar-refractivity contribution in [2.24, 2.45) is 5.92 Å². The van der Waals surface area contributed by atoms with Gasteiger partial charge in [0.15, 0.2) is 5.69 Å². The third-order valence-corrected chi connectivity index (χ3v) is 8.15. The van der Waals surface area contributed by atoms with Gasteiger partial charge in [-0.15, -0.1) is 0 Å². The fraction of sp³-hybridized carbons (Fsp3) is 0.607. The molecule has 3 heterocycles. The van der Waals surface area contributed by atoms with Gasteiger partial charge in [-0.3, -0.25) is 14.5 Å². The van der Waals surface area contributed by atoms with Crippen molar-refractivity contribution in [3.05, 3.63) is 41.2 Å². The highest BCUT2D eigenvalue weighted by Gasteiger charge is 2.56. The van der Waals surface area contributed by atoms with E-state index in [1.807, 2.05) is 28.9 Å².